The summed E-state index contributed by atoms with van der Waals surface area (Å²) in [5, 5.41) is 0. The second-order valence-corrected chi connectivity index (χ2v) is 28.3. The fourth-order valence-electron chi connectivity index (χ4n) is 4.87. The summed E-state index contributed by atoms with van der Waals surface area (Å²) in [4.78, 5) is 0. The molecule has 0 aromatic rings. The molecule has 0 unspecified atom stereocenters. The summed E-state index contributed by atoms with van der Waals surface area (Å²) >= 11 is -2.40. The molecule has 0 saturated carbocycles. The predicted molar refractivity (Wildman–Crippen MR) is 97.0 cm³/mol. The van der Waals surface area contributed by atoms with Gasteiger partial charge in [-0.25, -0.2) is 0 Å². The van der Waals surface area contributed by atoms with Gasteiger partial charge in [0.1, 0.15) is 0 Å². The van der Waals surface area contributed by atoms with Crippen molar-refractivity contribution in [3.8, 4) is 0 Å². The minimum absolute atomic E-state index is 0.489. The van der Waals surface area contributed by atoms with E-state index in [0.29, 0.717) is 21.7 Å². The van der Waals surface area contributed by atoms with Crippen molar-refractivity contribution in [2.75, 3.05) is 0 Å². The van der Waals surface area contributed by atoms with E-state index in [9.17, 15) is 0 Å². The first-order valence-electron chi connectivity index (χ1n) is 8.83. The van der Waals surface area contributed by atoms with Gasteiger partial charge in [-0.1, -0.05) is 0 Å². The van der Waals surface area contributed by atoms with E-state index >= 15 is 0 Å². The summed E-state index contributed by atoms with van der Waals surface area (Å²) < 4.78 is 6.19. The average molecular weight is 463 g/mol. The van der Waals surface area contributed by atoms with Crippen molar-refractivity contribution in [2.45, 2.75) is 99.8 Å². The molecule has 0 aliphatic carbocycles. The van der Waals surface area contributed by atoms with E-state index in [1.807, 2.05) is 0 Å². The second-order valence-electron chi connectivity index (χ2n) is 12.4. The molecule has 0 bridgehead atoms. The zero-order valence-corrected chi connectivity index (χ0v) is 20.9. The molecule has 0 spiro atoms. The second kappa shape index (κ2) is 6.78. The Bertz CT molecular complexity index is 242. The summed E-state index contributed by atoms with van der Waals surface area (Å²) in [5.41, 5.74) is 1.96. The van der Waals surface area contributed by atoms with Crippen LogP contribution in [0.1, 0.15) is 83.1 Å². The van der Waals surface area contributed by atoms with Crippen LogP contribution in [0.4, 0.5) is 0 Å². The average Bonchev–Trinajstić information content (AvgIpc) is 1.83. The summed E-state index contributed by atoms with van der Waals surface area (Å²) in [5.74, 6) is 0. The van der Waals surface area contributed by atoms with Gasteiger partial charge in [0.25, 0.3) is 0 Å². The van der Waals surface area contributed by atoms with Gasteiger partial charge in [-0.2, -0.15) is 0 Å². The van der Waals surface area contributed by atoms with Crippen molar-refractivity contribution in [3.63, 3.8) is 0 Å². The summed E-state index contributed by atoms with van der Waals surface area (Å²) in [6.07, 6.45) is 0. The fraction of sp³-hybridized carbons (Fsp3) is 1.00. The van der Waals surface area contributed by atoms with Crippen LogP contribution in [0, 0.1) is 21.7 Å². The maximum atomic E-state index is 2.47. The molecule has 0 aliphatic heterocycles. The molecular weight excluding hydrogens is 419 g/mol. The van der Waals surface area contributed by atoms with Gasteiger partial charge in [-0.3, -0.25) is 0 Å². The molecule has 0 radical (unpaired) electrons. The fourth-order valence-corrected chi connectivity index (χ4v) is 39.9. The predicted octanol–water partition coefficient (Wildman–Crippen LogP) is 8.00. The Labute approximate surface area is 141 Å². The Hall–Kier alpha value is 0.870. The van der Waals surface area contributed by atoms with Crippen molar-refractivity contribution in [1.82, 2.24) is 0 Å². The Kier molecular flexibility index (Phi) is 7.06. The molecule has 0 aliphatic rings. The van der Waals surface area contributed by atoms with E-state index in [4.69, 9.17) is 0 Å². The third-order valence-corrected chi connectivity index (χ3v) is 29.6. The molecule has 0 heterocycles. The van der Waals surface area contributed by atoms with Crippen molar-refractivity contribution < 1.29 is 20.0 Å². The molecule has 0 rings (SSSR count). The molecule has 0 N–H and O–H groups in total. The monoisotopic (exact) mass is 464 g/mol. The molecule has 0 aromatic heterocycles. The first-order valence-corrected chi connectivity index (χ1v) is 19.0. The summed E-state index contributed by atoms with van der Waals surface area (Å²) in [6.45, 7) is 29.6. The van der Waals surface area contributed by atoms with Crippen molar-refractivity contribution in [1.29, 1.82) is 0 Å². The van der Waals surface area contributed by atoms with Crippen LogP contribution in [0.3, 0.4) is 0 Å². The van der Waals surface area contributed by atoms with E-state index < -0.39 is 20.0 Å². The maximum absolute atomic E-state index is 2.47. The van der Waals surface area contributed by atoms with Crippen molar-refractivity contribution in [3.05, 3.63) is 0 Å². The van der Waals surface area contributed by atoms with Gasteiger partial charge in [-0.05, 0) is 0 Å². The van der Waals surface area contributed by atoms with Crippen LogP contribution in [-0.2, 0) is 20.0 Å². The standard InChI is InChI=1S/4C5H11.Hf/c4*1-5(2,3)4;/h4*1H2,2-4H3;. The Morgan fingerprint density at radius 2 is 0.524 bits per heavy atom. The van der Waals surface area contributed by atoms with Gasteiger partial charge in [0, 0.05) is 0 Å². The summed E-state index contributed by atoms with van der Waals surface area (Å²) in [7, 11) is 0. The van der Waals surface area contributed by atoms with E-state index in [0.717, 1.165) is 0 Å². The first kappa shape index (κ1) is 21.9. The van der Waals surface area contributed by atoms with Crippen molar-refractivity contribution in [2.24, 2.45) is 21.7 Å². The Balaban J connectivity index is 5.70. The van der Waals surface area contributed by atoms with E-state index in [1.165, 1.54) is 0 Å². The van der Waals surface area contributed by atoms with Crippen LogP contribution in [0.25, 0.3) is 0 Å². The SMILES string of the molecule is CC(C)(C)[CH2][Hf]([CH2]C(C)(C)C)([CH2]C(C)(C)C)[CH2]C(C)(C)C. The molecule has 1 heteroatoms. The topological polar surface area (TPSA) is 0 Å². The third kappa shape index (κ3) is 12.0. The first-order chi connectivity index (χ1) is 8.83. The van der Waals surface area contributed by atoms with Crippen LogP contribution in [0.2, 0.25) is 16.7 Å². The minimum atomic E-state index is -2.40. The van der Waals surface area contributed by atoms with E-state index in [1.54, 1.807) is 16.7 Å². The van der Waals surface area contributed by atoms with Gasteiger partial charge in [0.05, 0.1) is 0 Å². The Morgan fingerprint density at radius 3 is 0.619 bits per heavy atom. The quantitative estimate of drug-likeness (QED) is 0.371. The van der Waals surface area contributed by atoms with E-state index in [-0.39, 0.29) is 0 Å². The van der Waals surface area contributed by atoms with Crippen molar-refractivity contribution >= 4 is 0 Å². The van der Waals surface area contributed by atoms with Gasteiger partial charge >= 0.3 is 141 Å². The van der Waals surface area contributed by atoms with Gasteiger partial charge in [-0.15, -0.1) is 0 Å². The van der Waals surface area contributed by atoms with Crippen LogP contribution < -0.4 is 0 Å². The summed E-state index contributed by atoms with van der Waals surface area (Å²) in [6, 6.07) is 0. The van der Waals surface area contributed by atoms with Crippen LogP contribution in [0.15, 0.2) is 0 Å². The number of hydrogen-bond acceptors (Lipinski definition) is 0. The van der Waals surface area contributed by atoms with Gasteiger partial charge in [0.15, 0.2) is 0 Å². The third-order valence-electron chi connectivity index (χ3n) is 3.62. The normalized spacial score (nSPS) is 15.4. The molecule has 0 amide bonds. The molecule has 0 atom stereocenters. The zero-order valence-electron chi connectivity index (χ0n) is 17.3. The molecule has 0 saturated heterocycles. The van der Waals surface area contributed by atoms with Crippen LogP contribution in [-0.4, -0.2) is 0 Å². The Morgan fingerprint density at radius 1 is 0.381 bits per heavy atom. The van der Waals surface area contributed by atoms with Crippen LogP contribution >= 0.6 is 0 Å². The number of hydrogen-bond donors (Lipinski definition) is 0. The zero-order chi connectivity index (χ0) is 17.3. The molecular formula is C20H44Hf. The molecule has 128 valence electrons. The van der Waals surface area contributed by atoms with E-state index in [2.05, 4.69) is 83.1 Å². The number of rotatable bonds is 4. The van der Waals surface area contributed by atoms with Gasteiger partial charge < -0.3 is 0 Å². The van der Waals surface area contributed by atoms with Gasteiger partial charge in [0.2, 0.25) is 0 Å². The molecule has 0 aromatic carbocycles. The molecule has 0 fully saturated rings. The molecule has 21 heavy (non-hydrogen) atoms. The molecule has 0 nitrogen and oxygen atoms in total. The van der Waals surface area contributed by atoms with Crippen LogP contribution in [0.5, 0.6) is 0 Å².